The smallest absolute Gasteiger partial charge is 0.224 e. The number of hydrogen-bond donors (Lipinski definition) is 2. The highest BCUT2D eigenvalue weighted by Gasteiger charge is 2.03. The molecule has 4 nitrogen and oxygen atoms in total. The number of carbonyl (C=O) groups excluding carboxylic acids is 1. The number of rotatable bonds is 6. The van der Waals surface area contributed by atoms with Gasteiger partial charge in [0, 0.05) is 35.1 Å². The Morgan fingerprint density at radius 1 is 1.24 bits per heavy atom. The molecule has 1 heterocycles. The molecule has 110 valence electrons. The van der Waals surface area contributed by atoms with Gasteiger partial charge in [0.25, 0.3) is 0 Å². The van der Waals surface area contributed by atoms with Crippen LogP contribution in [-0.2, 0) is 11.2 Å². The number of hydrogen-bond acceptors (Lipinski definition) is 3. The predicted molar refractivity (Wildman–Crippen MR) is 88.3 cm³/mol. The number of carbonyl (C=O) groups is 1. The highest BCUT2D eigenvalue weighted by atomic mass is 79.9. The fourth-order valence-electron chi connectivity index (χ4n) is 1.86. The first kappa shape index (κ1) is 15.5. The molecule has 2 rings (SSSR count). The van der Waals surface area contributed by atoms with Crippen molar-refractivity contribution in [3.8, 4) is 0 Å². The maximum atomic E-state index is 11.8. The maximum Gasteiger partial charge on any atom is 0.224 e. The number of amides is 1. The summed E-state index contributed by atoms with van der Waals surface area (Å²) in [6.45, 7) is 3.20. The van der Waals surface area contributed by atoms with Crippen LogP contribution in [0.25, 0.3) is 0 Å². The summed E-state index contributed by atoms with van der Waals surface area (Å²) in [4.78, 5) is 16.0. The summed E-state index contributed by atoms with van der Waals surface area (Å²) in [6, 6.07) is 11.8. The third-order valence-electron chi connectivity index (χ3n) is 2.94. The lowest BCUT2D eigenvalue weighted by Crippen LogP contribution is -2.30. The van der Waals surface area contributed by atoms with E-state index < -0.39 is 0 Å². The minimum atomic E-state index is 0.0108. The zero-order chi connectivity index (χ0) is 15.1. The Balaban J connectivity index is 1.68. The van der Waals surface area contributed by atoms with Gasteiger partial charge in [0.2, 0.25) is 5.91 Å². The summed E-state index contributed by atoms with van der Waals surface area (Å²) in [6.07, 6.45) is 2.11. The molecule has 0 saturated carbocycles. The lowest BCUT2D eigenvalue weighted by atomic mass is 10.2. The van der Waals surface area contributed by atoms with Crippen molar-refractivity contribution >= 4 is 27.5 Å². The predicted octanol–water partition coefficient (Wildman–Crippen LogP) is 2.92. The maximum absolute atomic E-state index is 11.8. The van der Waals surface area contributed by atoms with E-state index in [0.29, 0.717) is 19.5 Å². The lowest BCUT2D eigenvalue weighted by molar-refractivity contribution is -0.120. The summed E-state index contributed by atoms with van der Waals surface area (Å²) >= 11 is 3.42. The molecule has 2 aromatic rings. The van der Waals surface area contributed by atoms with Crippen LogP contribution in [0.4, 0.5) is 5.69 Å². The number of benzene rings is 1. The monoisotopic (exact) mass is 347 g/mol. The van der Waals surface area contributed by atoms with Gasteiger partial charge in [-0.3, -0.25) is 9.78 Å². The van der Waals surface area contributed by atoms with Crippen molar-refractivity contribution in [2.75, 3.05) is 18.4 Å². The topological polar surface area (TPSA) is 54.0 Å². The van der Waals surface area contributed by atoms with Crippen molar-refractivity contribution in [1.29, 1.82) is 0 Å². The van der Waals surface area contributed by atoms with Crippen LogP contribution < -0.4 is 10.6 Å². The average molecular weight is 348 g/mol. The molecule has 1 aromatic heterocycles. The molecule has 0 aliphatic carbocycles. The van der Waals surface area contributed by atoms with E-state index in [1.165, 1.54) is 0 Å². The van der Waals surface area contributed by atoms with Crippen LogP contribution in [0.5, 0.6) is 0 Å². The minimum absolute atomic E-state index is 0.0108. The van der Waals surface area contributed by atoms with Gasteiger partial charge in [-0.15, -0.1) is 0 Å². The highest BCUT2D eigenvalue weighted by molar-refractivity contribution is 9.10. The Morgan fingerprint density at radius 2 is 2.10 bits per heavy atom. The third-order valence-corrected chi connectivity index (χ3v) is 3.43. The summed E-state index contributed by atoms with van der Waals surface area (Å²) in [5, 5.41) is 6.14. The Bertz CT molecular complexity index is 599. The van der Waals surface area contributed by atoms with Crippen LogP contribution in [0, 0.1) is 6.92 Å². The van der Waals surface area contributed by atoms with E-state index in [9.17, 15) is 4.79 Å². The van der Waals surface area contributed by atoms with E-state index in [-0.39, 0.29) is 5.91 Å². The van der Waals surface area contributed by atoms with E-state index in [2.05, 4.69) is 31.5 Å². The molecular weight excluding hydrogens is 330 g/mol. The van der Waals surface area contributed by atoms with Crippen molar-refractivity contribution in [3.63, 3.8) is 0 Å². The average Bonchev–Trinajstić information content (AvgIpc) is 2.46. The Hall–Kier alpha value is -1.88. The van der Waals surface area contributed by atoms with Crippen LogP contribution in [0.15, 0.2) is 47.1 Å². The molecule has 2 N–H and O–H groups in total. The van der Waals surface area contributed by atoms with Crippen LogP contribution in [-0.4, -0.2) is 24.0 Å². The summed E-state index contributed by atoms with van der Waals surface area (Å²) in [5.41, 5.74) is 2.91. The molecule has 1 aromatic carbocycles. The van der Waals surface area contributed by atoms with Crippen molar-refractivity contribution < 1.29 is 4.79 Å². The molecule has 0 spiro atoms. The summed E-state index contributed by atoms with van der Waals surface area (Å²) in [5.74, 6) is 0.0108. The molecule has 1 amide bonds. The fourth-order valence-corrected chi connectivity index (χ4v) is 2.26. The summed E-state index contributed by atoms with van der Waals surface area (Å²) in [7, 11) is 0. The Morgan fingerprint density at radius 3 is 2.81 bits per heavy atom. The lowest BCUT2D eigenvalue weighted by Gasteiger charge is -2.08. The second-order valence-electron chi connectivity index (χ2n) is 4.77. The number of pyridine rings is 1. The van der Waals surface area contributed by atoms with Crippen LogP contribution in [0.1, 0.15) is 11.3 Å². The van der Waals surface area contributed by atoms with E-state index in [1.54, 1.807) is 6.20 Å². The molecule has 0 saturated heterocycles. The first-order valence-electron chi connectivity index (χ1n) is 6.81. The van der Waals surface area contributed by atoms with Gasteiger partial charge < -0.3 is 10.6 Å². The number of nitrogens with zero attached hydrogens (tertiary/aromatic N) is 1. The molecule has 21 heavy (non-hydrogen) atoms. The number of anilines is 1. The number of nitrogens with one attached hydrogen (secondary N) is 2. The van der Waals surface area contributed by atoms with Crippen LogP contribution in [0.3, 0.4) is 0 Å². The van der Waals surface area contributed by atoms with Gasteiger partial charge in [-0.05, 0) is 36.8 Å². The van der Waals surface area contributed by atoms with Crippen LogP contribution >= 0.6 is 15.9 Å². The molecule has 0 aliphatic rings. The second-order valence-corrected chi connectivity index (χ2v) is 5.69. The number of aryl methyl sites for hydroxylation is 1. The van der Waals surface area contributed by atoms with Crippen molar-refractivity contribution in [2.24, 2.45) is 0 Å². The fraction of sp³-hybridized carbons (Fsp3) is 0.250. The molecule has 0 atom stereocenters. The van der Waals surface area contributed by atoms with Crippen molar-refractivity contribution in [1.82, 2.24) is 10.3 Å². The highest BCUT2D eigenvalue weighted by Crippen LogP contribution is 2.14. The SMILES string of the molecule is Cc1ccc(CC(=O)NCCNc2cccc(Br)c2)cn1. The second kappa shape index (κ2) is 7.78. The standard InChI is InChI=1S/C16H18BrN3O/c1-12-5-6-13(11-20-12)9-16(21)19-8-7-18-15-4-2-3-14(17)10-15/h2-6,10-11,18H,7-9H2,1H3,(H,19,21). The van der Waals surface area contributed by atoms with E-state index in [4.69, 9.17) is 0 Å². The van der Waals surface area contributed by atoms with Crippen molar-refractivity contribution in [2.45, 2.75) is 13.3 Å². The largest absolute Gasteiger partial charge is 0.383 e. The van der Waals surface area contributed by atoms with E-state index in [0.717, 1.165) is 21.4 Å². The van der Waals surface area contributed by atoms with Gasteiger partial charge in [-0.25, -0.2) is 0 Å². The zero-order valence-electron chi connectivity index (χ0n) is 11.9. The van der Waals surface area contributed by atoms with Gasteiger partial charge in [0.05, 0.1) is 6.42 Å². The van der Waals surface area contributed by atoms with E-state index >= 15 is 0 Å². The molecule has 0 fully saturated rings. The minimum Gasteiger partial charge on any atom is -0.383 e. The molecule has 0 aliphatic heterocycles. The van der Waals surface area contributed by atoms with Gasteiger partial charge in [0.1, 0.15) is 0 Å². The molecule has 0 unspecified atom stereocenters. The van der Waals surface area contributed by atoms with E-state index in [1.807, 2.05) is 43.3 Å². The summed E-state index contributed by atoms with van der Waals surface area (Å²) < 4.78 is 1.03. The molecule has 0 bridgehead atoms. The first-order chi connectivity index (χ1) is 10.1. The Kier molecular flexibility index (Phi) is 5.75. The number of aromatic nitrogens is 1. The first-order valence-corrected chi connectivity index (χ1v) is 7.60. The number of halogens is 1. The zero-order valence-corrected chi connectivity index (χ0v) is 13.5. The molecule has 5 heteroatoms. The van der Waals surface area contributed by atoms with Gasteiger partial charge >= 0.3 is 0 Å². The van der Waals surface area contributed by atoms with Crippen molar-refractivity contribution in [3.05, 3.63) is 58.3 Å². The molecule has 0 radical (unpaired) electrons. The van der Waals surface area contributed by atoms with Gasteiger partial charge in [-0.2, -0.15) is 0 Å². The normalized spacial score (nSPS) is 10.2. The van der Waals surface area contributed by atoms with Gasteiger partial charge in [0.15, 0.2) is 0 Å². The third kappa shape index (κ3) is 5.55. The quantitative estimate of drug-likeness (QED) is 0.790. The van der Waals surface area contributed by atoms with Gasteiger partial charge in [-0.1, -0.05) is 28.1 Å². The Labute approximate surface area is 133 Å². The molecular formula is C16H18BrN3O. The van der Waals surface area contributed by atoms with Crippen LogP contribution in [0.2, 0.25) is 0 Å².